The van der Waals surface area contributed by atoms with E-state index in [2.05, 4.69) is 16.8 Å². The van der Waals surface area contributed by atoms with Crippen molar-refractivity contribution >= 4 is 34.3 Å². The van der Waals surface area contributed by atoms with Gasteiger partial charge in [0.25, 0.3) is 0 Å². The summed E-state index contributed by atoms with van der Waals surface area (Å²) in [6.45, 7) is 6.90. The number of piperidine rings is 1. The topological polar surface area (TPSA) is 68.5 Å². The van der Waals surface area contributed by atoms with Gasteiger partial charge in [-0.05, 0) is 39.7 Å². The number of hydrogen-bond donors (Lipinski definition) is 1. The van der Waals surface area contributed by atoms with Crippen molar-refractivity contribution in [3.63, 3.8) is 0 Å². The second-order valence-electron chi connectivity index (χ2n) is 7.73. The summed E-state index contributed by atoms with van der Waals surface area (Å²) in [5, 5.41) is 2.39. The Kier molecular flexibility index (Phi) is 5.48. The third-order valence-corrected chi connectivity index (χ3v) is 4.79. The number of carbonyl (C=O) groups is 1. The van der Waals surface area contributed by atoms with Gasteiger partial charge in [0.1, 0.15) is 11.4 Å². The van der Waals surface area contributed by atoms with Crippen LogP contribution in [0.25, 0.3) is 10.8 Å². The number of hydrogen-bond acceptors (Lipinski definition) is 4. The van der Waals surface area contributed by atoms with E-state index in [-0.39, 0.29) is 12.0 Å². The first-order valence-electron chi connectivity index (χ1n) is 9.07. The predicted molar refractivity (Wildman–Crippen MR) is 109 cm³/mol. The van der Waals surface area contributed by atoms with E-state index in [1.165, 1.54) is 0 Å². The summed E-state index contributed by atoms with van der Waals surface area (Å²) in [5.74, 6) is 7.12. The molecule has 1 aromatic carbocycles. The number of amides is 1. The highest BCUT2D eigenvalue weighted by Crippen LogP contribution is 2.28. The maximum Gasteiger partial charge on any atom is 0.410 e. The first-order valence-corrected chi connectivity index (χ1v) is 9.44. The van der Waals surface area contributed by atoms with Crippen LogP contribution < -0.4 is 5.73 Å². The van der Waals surface area contributed by atoms with Gasteiger partial charge >= 0.3 is 6.09 Å². The summed E-state index contributed by atoms with van der Waals surface area (Å²) in [6.07, 6.45) is 3.04. The highest BCUT2D eigenvalue weighted by atomic mass is 35.5. The number of pyridine rings is 1. The van der Waals surface area contributed by atoms with Crippen LogP contribution in [-0.4, -0.2) is 34.7 Å². The predicted octanol–water partition coefficient (Wildman–Crippen LogP) is 4.47. The van der Waals surface area contributed by atoms with E-state index in [1.54, 1.807) is 11.1 Å². The Morgan fingerprint density at radius 3 is 2.67 bits per heavy atom. The number of carbonyl (C=O) groups excluding carboxylic acids is 1. The van der Waals surface area contributed by atoms with Gasteiger partial charge in [-0.15, -0.1) is 0 Å². The summed E-state index contributed by atoms with van der Waals surface area (Å²) in [5.41, 5.74) is 6.28. The van der Waals surface area contributed by atoms with Gasteiger partial charge in [0, 0.05) is 41.0 Å². The van der Waals surface area contributed by atoms with Gasteiger partial charge in [0.15, 0.2) is 0 Å². The van der Waals surface area contributed by atoms with Crippen molar-refractivity contribution in [3.8, 4) is 11.8 Å². The van der Waals surface area contributed by atoms with Crippen molar-refractivity contribution in [2.24, 2.45) is 5.92 Å². The summed E-state index contributed by atoms with van der Waals surface area (Å²) < 4.78 is 5.43. The van der Waals surface area contributed by atoms with E-state index >= 15 is 0 Å². The van der Waals surface area contributed by atoms with Gasteiger partial charge in [0.2, 0.25) is 0 Å². The number of fused-ring (bicyclic) bond motifs is 1. The SMILES string of the molecule is CC(C)(C)OC(=O)N1CCC(C#Cc2c(N)ncc3c(Cl)cccc23)CC1. The molecule has 0 unspecified atom stereocenters. The molecule has 0 spiro atoms. The molecule has 2 heterocycles. The molecule has 1 fully saturated rings. The molecular weight excluding hydrogens is 362 g/mol. The number of nitrogens with zero attached hydrogens (tertiary/aromatic N) is 2. The minimum absolute atomic E-state index is 0.206. The third kappa shape index (κ3) is 4.64. The normalized spacial score (nSPS) is 15.3. The fraction of sp³-hybridized carbons (Fsp3) is 0.429. The second kappa shape index (κ2) is 7.66. The van der Waals surface area contributed by atoms with Crippen LogP contribution in [0.3, 0.4) is 0 Å². The zero-order valence-electron chi connectivity index (χ0n) is 15.9. The van der Waals surface area contributed by atoms with E-state index in [4.69, 9.17) is 22.1 Å². The lowest BCUT2D eigenvalue weighted by molar-refractivity contribution is 0.0199. The van der Waals surface area contributed by atoms with Gasteiger partial charge in [-0.25, -0.2) is 9.78 Å². The van der Waals surface area contributed by atoms with Crippen molar-refractivity contribution in [3.05, 3.63) is 35.0 Å². The number of nitrogens with two attached hydrogens (primary N) is 1. The van der Waals surface area contributed by atoms with Crippen molar-refractivity contribution in [2.75, 3.05) is 18.8 Å². The molecule has 0 radical (unpaired) electrons. The lowest BCUT2D eigenvalue weighted by Gasteiger charge is -2.31. The molecule has 0 bridgehead atoms. The molecule has 1 saturated heterocycles. The Morgan fingerprint density at radius 1 is 1.30 bits per heavy atom. The fourth-order valence-corrected chi connectivity index (χ4v) is 3.28. The van der Waals surface area contributed by atoms with E-state index in [9.17, 15) is 4.79 Å². The van der Waals surface area contributed by atoms with Gasteiger partial charge in [-0.1, -0.05) is 35.6 Å². The van der Waals surface area contributed by atoms with Gasteiger partial charge in [0.05, 0.1) is 5.56 Å². The van der Waals surface area contributed by atoms with Crippen LogP contribution in [0.5, 0.6) is 0 Å². The van der Waals surface area contributed by atoms with Crippen LogP contribution in [0, 0.1) is 17.8 Å². The van der Waals surface area contributed by atoms with Crippen LogP contribution in [0.1, 0.15) is 39.2 Å². The first-order chi connectivity index (χ1) is 12.7. The number of likely N-dealkylation sites (tertiary alicyclic amines) is 1. The molecule has 0 aliphatic carbocycles. The molecular formula is C21H24ClN3O2. The van der Waals surface area contributed by atoms with E-state index < -0.39 is 5.60 Å². The number of benzene rings is 1. The van der Waals surface area contributed by atoms with Gasteiger partial charge < -0.3 is 15.4 Å². The van der Waals surface area contributed by atoms with Gasteiger partial charge in [-0.2, -0.15) is 0 Å². The standard InChI is InChI=1S/C21H24ClN3O2/c1-21(2,3)27-20(26)25-11-9-14(10-12-25)7-8-16-15-5-4-6-18(22)17(15)13-24-19(16)23/h4-6,13-14H,9-12H2,1-3H3,(H2,23,24). The van der Waals surface area contributed by atoms with E-state index in [0.717, 1.165) is 23.6 Å². The largest absolute Gasteiger partial charge is 0.444 e. The molecule has 142 valence electrons. The summed E-state index contributed by atoms with van der Waals surface area (Å²) in [6, 6.07) is 5.66. The van der Waals surface area contributed by atoms with Crippen LogP contribution in [0.15, 0.2) is 24.4 Å². The molecule has 2 N–H and O–H groups in total. The molecule has 0 atom stereocenters. The van der Waals surface area contributed by atoms with Crippen LogP contribution in [0.4, 0.5) is 10.6 Å². The number of rotatable bonds is 0. The van der Waals surface area contributed by atoms with Crippen molar-refractivity contribution in [1.29, 1.82) is 0 Å². The molecule has 0 saturated carbocycles. The Hall–Kier alpha value is -2.45. The van der Waals surface area contributed by atoms with Gasteiger partial charge in [-0.3, -0.25) is 0 Å². The number of nitrogen functional groups attached to an aromatic ring is 1. The average Bonchev–Trinajstić information content (AvgIpc) is 2.60. The molecule has 27 heavy (non-hydrogen) atoms. The van der Waals surface area contributed by atoms with Crippen molar-refractivity contribution in [1.82, 2.24) is 9.88 Å². The lowest BCUT2D eigenvalue weighted by Crippen LogP contribution is -2.41. The molecule has 1 aliphatic rings. The summed E-state index contributed by atoms with van der Waals surface area (Å²) in [7, 11) is 0. The number of ether oxygens (including phenoxy) is 1. The molecule has 1 aliphatic heterocycles. The smallest absolute Gasteiger partial charge is 0.410 e. The molecule has 1 aromatic heterocycles. The highest BCUT2D eigenvalue weighted by molar-refractivity contribution is 6.35. The minimum Gasteiger partial charge on any atom is -0.444 e. The van der Waals surface area contributed by atoms with Crippen LogP contribution in [-0.2, 0) is 4.74 Å². The molecule has 6 heteroatoms. The molecule has 1 amide bonds. The Balaban J connectivity index is 1.72. The van der Waals surface area contributed by atoms with E-state index in [1.807, 2.05) is 39.0 Å². The summed E-state index contributed by atoms with van der Waals surface area (Å²) in [4.78, 5) is 18.1. The number of anilines is 1. The quantitative estimate of drug-likeness (QED) is 0.679. The number of aromatic nitrogens is 1. The molecule has 5 nitrogen and oxygen atoms in total. The Morgan fingerprint density at radius 2 is 2.00 bits per heavy atom. The zero-order chi connectivity index (χ0) is 19.6. The minimum atomic E-state index is -0.478. The number of halogens is 1. The fourth-order valence-electron chi connectivity index (χ4n) is 3.06. The maximum atomic E-state index is 12.2. The third-order valence-electron chi connectivity index (χ3n) is 4.46. The van der Waals surface area contributed by atoms with Crippen molar-refractivity contribution < 1.29 is 9.53 Å². The Bertz CT molecular complexity index is 917. The van der Waals surface area contributed by atoms with Crippen LogP contribution in [0.2, 0.25) is 5.02 Å². The average molecular weight is 386 g/mol. The molecule has 2 aromatic rings. The lowest BCUT2D eigenvalue weighted by atomic mass is 9.97. The molecule has 3 rings (SSSR count). The maximum absolute atomic E-state index is 12.2. The summed E-state index contributed by atoms with van der Waals surface area (Å²) >= 11 is 6.24. The zero-order valence-corrected chi connectivity index (χ0v) is 16.6. The Labute approximate surface area is 164 Å². The van der Waals surface area contributed by atoms with E-state index in [0.29, 0.717) is 29.5 Å². The first kappa shape index (κ1) is 19.3. The van der Waals surface area contributed by atoms with Crippen LogP contribution >= 0.6 is 11.6 Å². The highest BCUT2D eigenvalue weighted by Gasteiger charge is 2.26. The second-order valence-corrected chi connectivity index (χ2v) is 8.14. The van der Waals surface area contributed by atoms with Crippen molar-refractivity contribution in [2.45, 2.75) is 39.2 Å². The monoisotopic (exact) mass is 385 g/mol.